The molecule has 0 atom stereocenters. The van der Waals surface area contributed by atoms with Crippen LogP contribution in [0.15, 0.2) is 30.0 Å². The summed E-state index contributed by atoms with van der Waals surface area (Å²) in [6.45, 7) is 5.63. The van der Waals surface area contributed by atoms with Gasteiger partial charge in [-0.1, -0.05) is 141 Å². The van der Waals surface area contributed by atoms with Crippen molar-refractivity contribution in [1.82, 2.24) is 0 Å². The van der Waals surface area contributed by atoms with Gasteiger partial charge in [-0.2, -0.15) is 0 Å². The van der Waals surface area contributed by atoms with Crippen molar-refractivity contribution in [3.8, 4) is 0 Å². The monoisotopic (exact) mass is 864 g/mol. The van der Waals surface area contributed by atoms with Crippen LogP contribution in [-0.2, 0) is 34.5 Å². The number of thioether (sulfide) groups is 12. The normalized spacial score (nSPS) is 20.8. The molecule has 0 amide bonds. The second-order valence-corrected chi connectivity index (χ2v) is 24.4. The van der Waals surface area contributed by atoms with Gasteiger partial charge in [-0.15, -0.1) is 0 Å². The summed E-state index contributed by atoms with van der Waals surface area (Å²) in [7, 11) is 0. The molecular weight excluding hydrogens is 829 g/mol. The molecule has 7 rings (SSSR count). The molecule has 1 aromatic rings. The summed E-state index contributed by atoms with van der Waals surface area (Å²) in [5.41, 5.74) is 9.15. The van der Waals surface area contributed by atoms with Crippen molar-refractivity contribution in [3.05, 3.63) is 33.4 Å². The lowest BCUT2D eigenvalue weighted by Crippen LogP contribution is -2.13. The molecule has 0 unspecified atom stereocenters. The minimum atomic E-state index is 0.938. The summed E-state index contributed by atoms with van der Waals surface area (Å²) in [6.07, 6.45) is 0. The van der Waals surface area contributed by atoms with Gasteiger partial charge in [0.2, 0.25) is 0 Å². The van der Waals surface area contributed by atoms with Crippen molar-refractivity contribution in [1.29, 1.82) is 0 Å². The Morgan fingerprint density at radius 1 is 0.292 bits per heavy atom. The van der Waals surface area contributed by atoms with E-state index < -0.39 is 0 Å². The standard InChI is InChI=1S/C30H36N6S12/c1-7-37-25(31-1)43-13-19-20(14-44-26-32-2-8-38-26)22(16-46-28-34-4-10-40-28)24(18-48-30-36-6-12-42-30)23(17-47-29-35-5-11-41-29)21(19)15-45-27-33-3-9-39-27/h1-18H2. The quantitative estimate of drug-likeness (QED) is 0.201. The minimum Gasteiger partial charge on any atom is -0.271 e. The Kier molecular flexibility index (Phi) is 15.9. The molecule has 6 nitrogen and oxygen atoms in total. The van der Waals surface area contributed by atoms with Crippen LogP contribution >= 0.6 is 141 Å². The first-order valence-corrected chi connectivity index (χ1v) is 27.6. The van der Waals surface area contributed by atoms with Crippen molar-refractivity contribution in [2.24, 2.45) is 30.0 Å². The van der Waals surface area contributed by atoms with Gasteiger partial charge in [-0.3, -0.25) is 30.0 Å². The van der Waals surface area contributed by atoms with E-state index in [4.69, 9.17) is 30.0 Å². The van der Waals surface area contributed by atoms with E-state index in [2.05, 4.69) is 0 Å². The number of hydrogen-bond donors (Lipinski definition) is 0. The van der Waals surface area contributed by atoms with Gasteiger partial charge in [-0.25, -0.2) is 0 Å². The molecule has 6 heterocycles. The Morgan fingerprint density at radius 3 is 0.583 bits per heavy atom. The summed E-state index contributed by atoms with van der Waals surface area (Å²) in [6, 6.07) is 0. The number of aliphatic imine (C=N–C) groups is 6. The summed E-state index contributed by atoms with van der Waals surface area (Å²) in [5.74, 6) is 12.3. The maximum atomic E-state index is 4.86. The van der Waals surface area contributed by atoms with Crippen LogP contribution in [0.2, 0.25) is 0 Å². The number of rotatable bonds is 12. The van der Waals surface area contributed by atoms with Crippen LogP contribution in [-0.4, -0.2) is 100 Å². The Morgan fingerprint density at radius 2 is 0.458 bits per heavy atom. The van der Waals surface area contributed by atoms with Crippen LogP contribution in [0, 0.1) is 0 Å². The Balaban J connectivity index is 1.34. The lowest BCUT2D eigenvalue weighted by atomic mass is 9.90. The van der Waals surface area contributed by atoms with Gasteiger partial charge in [0.1, 0.15) is 26.3 Å². The Hall–Kier alpha value is 1.44. The largest absolute Gasteiger partial charge is 0.271 e. The highest BCUT2D eigenvalue weighted by Crippen LogP contribution is 2.44. The van der Waals surface area contributed by atoms with Gasteiger partial charge in [0, 0.05) is 69.0 Å². The molecule has 0 saturated carbocycles. The third kappa shape index (κ3) is 10.8. The van der Waals surface area contributed by atoms with E-state index in [1.54, 1.807) is 0 Å². The molecule has 1 aromatic carbocycles. The molecule has 0 radical (unpaired) electrons. The fraction of sp³-hybridized carbons (Fsp3) is 0.600. The summed E-state index contributed by atoms with van der Waals surface area (Å²) in [5, 5.41) is 0. The molecule has 0 N–H and O–H groups in total. The van der Waals surface area contributed by atoms with Crippen molar-refractivity contribution in [2.75, 3.05) is 73.8 Å². The maximum absolute atomic E-state index is 4.86. The lowest BCUT2D eigenvalue weighted by Gasteiger charge is -2.27. The smallest absolute Gasteiger partial charge is 0.124 e. The van der Waals surface area contributed by atoms with Crippen molar-refractivity contribution in [2.45, 2.75) is 34.5 Å². The molecule has 0 fully saturated rings. The zero-order valence-corrected chi connectivity index (χ0v) is 36.1. The molecule has 6 aliphatic heterocycles. The first kappa shape index (κ1) is 37.7. The van der Waals surface area contributed by atoms with Crippen molar-refractivity contribution >= 4 is 167 Å². The van der Waals surface area contributed by atoms with Crippen LogP contribution in [0.5, 0.6) is 0 Å². The van der Waals surface area contributed by atoms with Crippen LogP contribution in [0.1, 0.15) is 33.4 Å². The van der Waals surface area contributed by atoms with E-state index in [-0.39, 0.29) is 0 Å². The molecule has 258 valence electrons. The van der Waals surface area contributed by atoms with Crippen molar-refractivity contribution in [3.63, 3.8) is 0 Å². The topological polar surface area (TPSA) is 74.2 Å². The molecule has 0 bridgehead atoms. The highest BCUT2D eigenvalue weighted by molar-refractivity contribution is 8.41. The van der Waals surface area contributed by atoms with E-state index in [1.807, 2.05) is 141 Å². The van der Waals surface area contributed by atoms with E-state index in [9.17, 15) is 0 Å². The molecule has 6 aliphatic rings. The predicted molar refractivity (Wildman–Crippen MR) is 243 cm³/mol. The highest BCUT2D eigenvalue weighted by atomic mass is 32.2. The van der Waals surface area contributed by atoms with Gasteiger partial charge < -0.3 is 0 Å². The van der Waals surface area contributed by atoms with Gasteiger partial charge in [0.25, 0.3) is 0 Å². The maximum Gasteiger partial charge on any atom is 0.124 e. The summed E-state index contributed by atoms with van der Waals surface area (Å²) in [4.78, 5) is 29.2. The predicted octanol–water partition coefficient (Wildman–Crippen LogP) is 9.70. The molecule has 0 spiro atoms. The SMILES string of the molecule is C1CSC(SCc2c(CSC3=NCCS3)c(CSC3=NCCS3)c(CSC3=NCCS3)c(CSC3=NCCS3)c2CSC2=NCCS2)=N1. The molecule has 0 aromatic heterocycles. The first-order valence-electron chi connectivity index (χ1n) is 15.8. The zero-order chi connectivity index (χ0) is 32.4. The van der Waals surface area contributed by atoms with Gasteiger partial charge in [-0.05, 0) is 33.4 Å². The Bertz CT molecular complexity index is 1220. The summed E-state index contributed by atoms with van der Waals surface area (Å²) < 4.78 is 7.47. The third-order valence-electron chi connectivity index (χ3n) is 7.57. The van der Waals surface area contributed by atoms with E-state index in [0.717, 1.165) is 108 Å². The van der Waals surface area contributed by atoms with E-state index in [1.165, 1.54) is 59.6 Å². The van der Waals surface area contributed by atoms with E-state index in [0.29, 0.717) is 0 Å². The van der Waals surface area contributed by atoms with Crippen LogP contribution in [0.3, 0.4) is 0 Å². The second-order valence-electron chi connectivity index (χ2n) is 10.6. The third-order valence-corrected chi connectivity index (χ3v) is 21.2. The average Bonchev–Trinajstić information content (AvgIpc) is 3.96. The van der Waals surface area contributed by atoms with Crippen molar-refractivity contribution < 1.29 is 0 Å². The summed E-state index contributed by atoms with van der Waals surface area (Å²) >= 11 is 23.2. The number of hydrogen-bond acceptors (Lipinski definition) is 18. The number of benzene rings is 1. The van der Waals surface area contributed by atoms with Crippen LogP contribution in [0.4, 0.5) is 0 Å². The minimum absolute atomic E-state index is 0.938. The molecular formula is C30H36N6S12. The zero-order valence-electron chi connectivity index (χ0n) is 26.3. The van der Waals surface area contributed by atoms with Gasteiger partial charge in [0.15, 0.2) is 0 Å². The van der Waals surface area contributed by atoms with Crippen LogP contribution in [0.25, 0.3) is 0 Å². The van der Waals surface area contributed by atoms with Crippen LogP contribution < -0.4 is 0 Å². The fourth-order valence-electron chi connectivity index (χ4n) is 5.36. The number of nitrogens with zero attached hydrogens (tertiary/aromatic N) is 6. The molecule has 0 saturated heterocycles. The van der Waals surface area contributed by atoms with E-state index >= 15 is 0 Å². The Labute approximate surface area is 335 Å². The van der Waals surface area contributed by atoms with Gasteiger partial charge in [0.05, 0.1) is 39.3 Å². The highest BCUT2D eigenvalue weighted by Gasteiger charge is 2.28. The lowest BCUT2D eigenvalue weighted by molar-refractivity contribution is 1.08. The molecule has 18 heteroatoms. The first-order chi connectivity index (χ1) is 23.8. The average molecular weight is 865 g/mol. The second kappa shape index (κ2) is 20.2. The van der Waals surface area contributed by atoms with Gasteiger partial charge >= 0.3 is 0 Å². The molecule has 0 aliphatic carbocycles. The fourth-order valence-corrected chi connectivity index (χ4v) is 18.0. The molecule has 48 heavy (non-hydrogen) atoms.